The third-order valence-corrected chi connectivity index (χ3v) is 5.65. The van der Waals surface area contributed by atoms with Gasteiger partial charge in [0, 0.05) is 36.2 Å². The van der Waals surface area contributed by atoms with E-state index in [0.29, 0.717) is 42.9 Å². The number of anilines is 1. The molecule has 0 atom stereocenters. The molecule has 0 aliphatic carbocycles. The van der Waals surface area contributed by atoms with Crippen LogP contribution in [-0.4, -0.2) is 37.6 Å². The summed E-state index contributed by atoms with van der Waals surface area (Å²) >= 11 is 5.90. The summed E-state index contributed by atoms with van der Waals surface area (Å²) in [5.41, 5.74) is 8.70. The molecule has 0 bridgehead atoms. The van der Waals surface area contributed by atoms with Gasteiger partial charge in [-0.2, -0.15) is 0 Å². The molecule has 0 saturated carbocycles. The number of halogens is 1. The molecule has 0 aromatic heterocycles. The molecule has 8 nitrogen and oxygen atoms in total. The number of nitro benzene ring substituents is 1. The van der Waals surface area contributed by atoms with Crippen LogP contribution in [0.5, 0.6) is 0 Å². The maximum atomic E-state index is 12.9. The van der Waals surface area contributed by atoms with E-state index in [2.05, 4.69) is 0 Å². The number of hydrogen-bond acceptors (Lipinski definition) is 6. The van der Waals surface area contributed by atoms with Crippen LogP contribution >= 0.6 is 11.6 Å². The minimum absolute atomic E-state index is 0.0407. The summed E-state index contributed by atoms with van der Waals surface area (Å²) in [6.45, 7) is 1.31. The smallest absolute Gasteiger partial charge is 0.288 e. The average Bonchev–Trinajstić information content (AvgIpc) is 3.29. The summed E-state index contributed by atoms with van der Waals surface area (Å²) in [7, 11) is 1.68. The SMILES string of the molecule is CN1C(=O)/C(=C\c2ccc(Cl)c([N+](=O)[O-])c2)c2cc(C3(CCN)OCCO3)ccc21. The second-order valence-corrected chi connectivity index (χ2v) is 7.52. The molecule has 0 unspecified atom stereocenters. The molecular weight excluding hydrogens is 410 g/mol. The topological polar surface area (TPSA) is 108 Å². The van der Waals surface area contributed by atoms with Crippen molar-refractivity contribution in [2.75, 3.05) is 31.7 Å². The van der Waals surface area contributed by atoms with Gasteiger partial charge in [-0.3, -0.25) is 14.9 Å². The lowest BCUT2D eigenvalue weighted by Gasteiger charge is -2.28. The highest BCUT2D eigenvalue weighted by molar-refractivity contribution is 6.36. The summed E-state index contributed by atoms with van der Waals surface area (Å²) in [5, 5.41) is 11.2. The van der Waals surface area contributed by atoms with Crippen LogP contribution in [0.2, 0.25) is 5.02 Å². The lowest BCUT2D eigenvalue weighted by molar-refractivity contribution is -0.384. The first-order chi connectivity index (χ1) is 14.4. The molecule has 2 aliphatic rings. The molecule has 2 heterocycles. The second kappa shape index (κ2) is 7.81. The zero-order chi connectivity index (χ0) is 21.5. The molecule has 2 aromatic carbocycles. The Morgan fingerprint density at radius 2 is 2.00 bits per heavy atom. The Bertz CT molecular complexity index is 1060. The molecule has 156 valence electrons. The van der Waals surface area contributed by atoms with E-state index in [4.69, 9.17) is 26.8 Å². The van der Waals surface area contributed by atoms with Gasteiger partial charge in [-0.25, -0.2) is 0 Å². The molecule has 0 spiro atoms. The number of carbonyl (C=O) groups is 1. The number of ether oxygens (including phenoxy) is 2. The molecule has 1 fully saturated rings. The number of rotatable bonds is 5. The first-order valence-corrected chi connectivity index (χ1v) is 9.81. The van der Waals surface area contributed by atoms with E-state index in [9.17, 15) is 14.9 Å². The van der Waals surface area contributed by atoms with E-state index in [1.54, 1.807) is 24.1 Å². The minimum atomic E-state index is -0.932. The summed E-state index contributed by atoms with van der Waals surface area (Å²) < 4.78 is 11.8. The minimum Gasteiger partial charge on any atom is -0.343 e. The van der Waals surface area contributed by atoms with Gasteiger partial charge >= 0.3 is 0 Å². The Morgan fingerprint density at radius 1 is 1.27 bits per heavy atom. The fourth-order valence-electron chi connectivity index (χ4n) is 3.85. The van der Waals surface area contributed by atoms with Crippen LogP contribution < -0.4 is 10.6 Å². The molecule has 9 heteroatoms. The Kier molecular flexibility index (Phi) is 5.33. The first kappa shape index (κ1) is 20.5. The highest BCUT2D eigenvalue weighted by Crippen LogP contribution is 2.42. The molecule has 30 heavy (non-hydrogen) atoms. The summed E-state index contributed by atoms with van der Waals surface area (Å²) in [6, 6.07) is 10.0. The quantitative estimate of drug-likeness (QED) is 0.443. The van der Waals surface area contributed by atoms with Crippen molar-refractivity contribution < 1.29 is 19.2 Å². The molecule has 2 aliphatic heterocycles. The molecule has 1 saturated heterocycles. The van der Waals surface area contributed by atoms with Crippen molar-refractivity contribution in [1.82, 2.24) is 0 Å². The summed E-state index contributed by atoms with van der Waals surface area (Å²) in [5.74, 6) is -1.14. The van der Waals surface area contributed by atoms with Gasteiger partial charge in [0.2, 0.25) is 0 Å². The van der Waals surface area contributed by atoms with E-state index < -0.39 is 10.7 Å². The lowest BCUT2D eigenvalue weighted by atomic mass is 9.96. The number of benzene rings is 2. The van der Waals surface area contributed by atoms with Gasteiger partial charge in [0.25, 0.3) is 11.6 Å². The van der Waals surface area contributed by atoms with Crippen LogP contribution in [0.4, 0.5) is 11.4 Å². The number of nitrogens with zero attached hydrogens (tertiary/aromatic N) is 2. The maximum absolute atomic E-state index is 12.9. The monoisotopic (exact) mass is 429 g/mol. The number of carbonyl (C=O) groups excluding carboxylic acids is 1. The van der Waals surface area contributed by atoms with Crippen LogP contribution in [0, 0.1) is 10.1 Å². The van der Waals surface area contributed by atoms with Gasteiger partial charge in [0.1, 0.15) is 5.02 Å². The zero-order valence-corrected chi connectivity index (χ0v) is 17.0. The summed E-state index contributed by atoms with van der Waals surface area (Å²) in [6.07, 6.45) is 2.11. The average molecular weight is 430 g/mol. The summed E-state index contributed by atoms with van der Waals surface area (Å²) in [4.78, 5) is 25.1. The Morgan fingerprint density at radius 3 is 2.67 bits per heavy atom. The van der Waals surface area contributed by atoms with Crippen LogP contribution in [-0.2, 0) is 20.1 Å². The predicted molar refractivity (Wildman–Crippen MR) is 113 cm³/mol. The number of likely N-dealkylation sites (N-methyl/N-ethyl adjacent to an activating group) is 1. The Balaban J connectivity index is 1.81. The van der Waals surface area contributed by atoms with Gasteiger partial charge in [0.05, 0.1) is 23.8 Å². The normalized spacial score (nSPS) is 18.8. The van der Waals surface area contributed by atoms with E-state index in [-0.39, 0.29) is 16.6 Å². The van der Waals surface area contributed by atoms with E-state index >= 15 is 0 Å². The number of nitrogens with two attached hydrogens (primary N) is 1. The Labute approximate surface area is 178 Å². The molecule has 0 radical (unpaired) electrons. The molecular formula is C21H20ClN3O5. The van der Waals surface area contributed by atoms with Gasteiger partial charge in [-0.1, -0.05) is 23.7 Å². The highest BCUT2D eigenvalue weighted by Gasteiger charge is 2.40. The van der Waals surface area contributed by atoms with Gasteiger partial charge < -0.3 is 20.1 Å². The number of hydrogen-bond donors (Lipinski definition) is 1. The number of nitro groups is 1. The standard InChI is InChI=1S/C21H20ClN3O5/c1-24-18-5-3-14(21(6-7-23)29-8-9-30-21)12-15(18)16(20(24)26)10-13-2-4-17(22)19(11-13)25(27)28/h2-5,10-12H,6-9,23H2,1H3/b16-10-. The molecule has 2 N–H and O–H groups in total. The van der Waals surface area contributed by atoms with Gasteiger partial charge in [-0.05, 0) is 36.4 Å². The van der Waals surface area contributed by atoms with E-state index in [0.717, 1.165) is 11.3 Å². The first-order valence-electron chi connectivity index (χ1n) is 9.43. The van der Waals surface area contributed by atoms with Crippen molar-refractivity contribution in [3.8, 4) is 0 Å². The number of amides is 1. The van der Waals surface area contributed by atoms with Crippen molar-refractivity contribution in [2.24, 2.45) is 5.73 Å². The van der Waals surface area contributed by atoms with Crippen molar-refractivity contribution in [3.05, 3.63) is 68.2 Å². The number of fused-ring (bicyclic) bond motifs is 1. The van der Waals surface area contributed by atoms with E-state index in [1.807, 2.05) is 18.2 Å². The predicted octanol–water partition coefficient (Wildman–Crippen LogP) is 3.31. The van der Waals surface area contributed by atoms with Gasteiger partial charge in [-0.15, -0.1) is 0 Å². The largest absolute Gasteiger partial charge is 0.343 e. The third kappa shape index (κ3) is 3.37. The lowest BCUT2D eigenvalue weighted by Crippen LogP contribution is -2.30. The third-order valence-electron chi connectivity index (χ3n) is 5.33. The van der Waals surface area contributed by atoms with Crippen molar-refractivity contribution >= 4 is 40.5 Å². The van der Waals surface area contributed by atoms with Crippen LogP contribution in [0.15, 0.2) is 36.4 Å². The maximum Gasteiger partial charge on any atom is 0.288 e. The van der Waals surface area contributed by atoms with Crippen LogP contribution in [0.1, 0.15) is 23.1 Å². The van der Waals surface area contributed by atoms with Gasteiger partial charge in [0.15, 0.2) is 5.79 Å². The van der Waals surface area contributed by atoms with Crippen molar-refractivity contribution in [3.63, 3.8) is 0 Å². The van der Waals surface area contributed by atoms with Crippen LogP contribution in [0.3, 0.4) is 0 Å². The fourth-order valence-corrected chi connectivity index (χ4v) is 4.04. The fraction of sp³-hybridized carbons (Fsp3) is 0.286. The highest BCUT2D eigenvalue weighted by atomic mass is 35.5. The van der Waals surface area contributed by atoms with E-state index in [1.165, 1.54) is 12.1 Å². The molecule has 4 rings (SSSR count). The molecule has 2 aromatic rings. The molecule has 1 amide bonds. The van der Waals surface area contributed by atoms with Crippen LogP contribution in [0.25, 0.3) is 11.6 Å². The Hall–Kier alpha value is -2.78. The van der Waals surface area contributed by atoms with Crippen molar-refractivity contribution in [1.29, 1.82) is 0 Å². The zero-order valence-electron chi connectivity index (χ0n) is 16.3. The van der Waals surface area contributed by atoms with Crippen molar-refractivity contribution in [2.45, 2.75) is 12.2 Å². The second-order valence-electron chi connectivity index (χ2n) is 7.11.